The van der Waals surface area contributed by atoms with E-state index in [9.17, 15) is 4.79 Å². The highest BCUT2D eigenvalue weighted by molar-refractivity contribution is 5.98. The number of methoxy groups -OCH3 is 2. The highest BCUT2D eigenvalue weighted by atomic mass is 16.7. The van der Waals surface area contributed by atoms with Gasteiger partial charge in [-0.2, -0.15) is 0 Å². The van der Waals surface area contributed by atoms with Gasteiger partial charge in [-0.05, 0) is 47.4 Å². The molecule has 1 unspecified atom stereocenters. The molecule has 0 bridgehead atoms. The molecule has 3 aromatic carbocycles. The van der Waals surface area contributed by atoms with Crippen molar-refractivity contribution < 1.29 is 23.7 Å². The molecule has 31 heavy (non-hydrogen) atoms. The van der Waals surface area contributed by atoms with Gasteiger partial charge in [-0.3, -0.25) is 4.79 Å². The topological polar surface area (TPSA) is 57.2 Å². The molecule has 0 aromatic heterocycles. The van der Waals surface area contributed by atoms with Gasteiger partial charge in [-0.25, -0.2) is 0 Å². The maximum atomic E-state index is 13.8. The summed E-state index contributed by atoms with van der Waals surface area (Å²) >= 11 is 0. The van der Waals surface area contributed by atoms with Crippen LogP contribution in [0.4, 0.5) is 0 Å². The van der Waals surface area contributed by atoms with Crippen LogP contribution in [0.25, 0.3) is 0 Å². The largest absolute Gasteiger partial charge is 0.493 e. The molecular weight excluding hydrogens is 394 g/mol. The molecule has 1 atom stereocenters. The monoisotopic (exact) mass is 417 g/mol. The molecule has 0 radical (unpaired) electrons. The number of carbonyl (C=O) groups excluding carboxylic acids is 1. The van der Waals surface area contributed by atoms with E-state index in [-0.39, 0.29) is 18.7 Å². The third-order valence-corrected chi connectivity index (χ3v) is 5.88. The number of hydrogen-bond donors (Lipinski definition) is 0. The van der Waals surface area contributed by atoms with Gasteiger partial charge in [0.2, 0.25) is 6.79 Å². The lowest BCUT2D eigenvalue weighted by atomic mass is 9.87. The number of rotatable bonds is 4. The second kappa shape index (κ2) is 7.87. The van der Waals surface area contributed by atoms with E-state index in [0.29, 0.717) is 35.1 Å². The van der Waals surface area contributed by atoms with E-state index in [4.69, 9.17) is 18.9 Å². The van der Waals surface area contributed by atoms with Crippen LogP contribution in [0.15, 0.2) is 60.7 Å². The first kappa shape index (κ1) is 19.3. The molecule has 1 amide bonds. The average Bonchev–Trinajstić information content (AvgIpc) is 3.31. The fourth-order valence-electron chi connectivity index (χ4n) is 4.41. The maximum absolute atomic E-state index is 13.8. The number of para-hydroxylation sites is 1. The molecular formula is C25H23NO5. The molecule has 6 nitrogen and oxygen atoms in total. The second-order valence-electron chi connectivity index (χ2n) is 7.51. The Labute approximate surface area is 180 Å². The predicted octanol–water partition coefficient (Wildman–Crippen LogP) is 4.22. The molecule has 0 aliphatic carbocycles. The Balaban J connectivity index is 1.63. The third kappa shape index (κ3) is 3.24. The van der Waals surface area contributed by atoms with Gasteiger partial charge >= 0.3 is 0 Å². The van der Waals surface area contributed by atoms with Gasteiger partial charge in [0.25, 0.3) is 5.91 Å². The summed E-state index contributed by atoms with van der Waals surface area (Å²) in [5.41, 5.74) is 3.73. The van der Waals surface area contributed by atoms with Crippen LogP contribution in [0, 0.1) is 0 Å². The number of nitrogens with zero attached hydrogens (tertiary/aromatic N) is 1. The molecule has 6 heteroatoms. The summed E-state index contributed by atoms with van der Waals surface area (Å²) in [5.74, 6) is 2.37. The highest BCUT2D eigenvalue weighted by Gasteiger charge is 2.35. The van der Waals surface area contributed by atoms with E-state index < -0.39 is 0 Å². The Bertz CT molecular complexity index is 1130. The quantitative estimate of drug-likeness (QED) is 0.636. The van der Waals surface area contributed by atoms with Crippen LogP contribution in [0.1, 0.15) is 33.1 Å². The van der Waals surface area contributed by atoms with Gasteiger partial charge in [-0.15, -0.1) is 0 Å². The van der Waals surface area contributed by atoms with Gasteiger partial charge < -0.3 is 23.8 Å². The van der Waals surface area contributed by atoms with E-state index in [0.717, 1.165) is 23.1 Å². The van der Waals surface area contributed by atoms with Crippen molar-refractivity contribution in [3.8, 4) is 23.0 Å². The zero-order valence-corrected chi connectivity index (χ0v) is 17.5. The fraction of sp³-hybridized carbons (Fsp3) is 0.240. The van der Waals surface area contributed by atoms with Crippen LogP contribution in [0.5, 0.6) is 23.0 Å². The van der Waals surface area contributed by atoms with Crippen LogP contribution in [0.2, 0.25) is 0 Å². The standard InChI is InChI=1S/C25H23NO5/c1-28-21-13-17-11-12-26(25(27)18-9-6-10-20-24(18)31-15-30-20)23(16-7-4-3-5-8-16)19(17)14-22(21)29-2/h3-10,13-14,23H,11-12,15H2,1-2H3. The van der Waals surface area contributed by atoms with Crippen molar-refractivity contribution in [1.82, 2.24) is 4.90 Å². The summed E-state index contributed by atoms with van der Waals surface area (Å²) < 4.78 is 22.2. The fourth-order valence-corrected chi connectivity index (χ4v) is 4.41. The SMILES string of the molecule is COc1cc2c(cc1OC)C(c1ccccc1)N(C(=O)c1cccc3c1OCO3)CC2. The summed E-state index contributed by atoms with van der Waals surface area (Å²) in [6, 6.07) is 19.2. The molecule has 2 heterocycles. The van der Waals surface area contributed by atoms with Crippen LogP contribution >= 0.6 is 0 Å². The summed E-state index contributed by atoms with van der Waals surface area (Å²) in [6.07, 6.45) is 0.719. The zero-order chi connectivity index (χ0) is 21.4. The van der Waals surface area contributed by atoms with E-state index in [1.54, 1.807) is 20.3 Å². The summed E-state index contributed by atoms with van der Waals surface area (Å²) in [5, 5.41) is 0. The minimum atomic E-state index is -0.254. The minimum absolute atomic E-state index is 0.0864. The van der Waals surface area contributed by atoms with Crippen LogP contribution in [-0.4, -0.2) is 38.4 Å². The number of carbonyl (C=O) groups is 1. The van der Waals surface area contributed by atoms with Crippen LogP contribution < -0.4 is 18.9 Å². The van der Waals surface area contributed by atoms with Crippen molar-refractivity contribution in [1.29, 1.82) is 0 Å². The van der Waals surface area contributed by atoms with E-state index >= 15 is 0 Å². The summed E-state index contributed by atoms with van der Waals surface area (Å²) in [7, 11) is 3.26. The molecule has 0 spiro atoms. The highest BCUT2D eigenvalue weighted by Crippen LogP contribution is 2.43. The van der Waals surface area contributed by atoms with E-state index in [1.165, 1.54) is 0 Å². The molecule has 158 valence electrons. The van der Waals surface area contributed by atoms with Gasteiger partial charge in [0, 0.05) is 6.54 Å². The van der Waals surface area contributed by atoms with Crippen molar-refractivity contribution in [3.63, 3.8) is 0 Å². The van der Waals surface area contributed by atoms with E-state index in [1.807, 2.05) is 59.5 Å². The number of amides is 1. The number of ether oxygens (including phenoxy) is 4. The second-order valence-corrected chi connectivity index (χ2v) is 7.51. The van der Waals surface area contributed by atoms with Crippen molar-refractivity contribution in [2.45, 2.75) is 12.5 Å². The lowest BCUT2D eigenvalue weighted by Gasteiger charge is -2.38. The first-order chi connectivity index (χ1) is 15.2. The predicted molar refractivity (Wildman–Crippen MR) is 115 cm³/mol. The van der Waals surface area contributed by atoms with E-state index in [2.05, 4.69) is 0 Å². The van der Waals surface area contributed by atoms with Gasteiger partial charge in [0.15, 0.2) is 23.0 Å². The van der Waals surface area contributed by atoms with Crippen molar-refractivity contribution in [2.24, 2.45) is 0 Å². The Kier molecular flexibility index (Phi) is 4.90. The Morgan fingerprint density at radius 2 is 1.74 bits per heavy atom. The normalized spacial score (nSPS) is 16.6. The van der Waals surface area contributed by atoms with Crippen molar-refractivity contribution in [2.75, 3.05) is 27.6 Å². The number of fused-ring (bicyclic) bond motifs is 2. The molecule has 5 rings (SSSR count). The van der Waals surface area contributed by atoms with Crippen molar-refractivity contribution in [3.05, 3.63) is 82.9 Å². The van der Waals surface area contributed by atoms with Crippen LogP contribution in [0.3, 0.4) is 0 Å². The molecule has 2 aliphatic rings. The first-order valence-electron chi connectivity index (χ1n) is 10.2. The summed E-state index contributed by atoms with van der Waals surface area (Å²) in [4.78, 5) is 15.7. The zero-order valence-electron chi connectivity index (χ0n) is 17.5. The molecule has 0 fully saturated rings. The van der Waals surface area contributed by atoms with Crippen LogP contribution in [-0.2, 0) is 6.42 Å². The molecule has 0 N–H and O–H groups in total. The molecule has 0 saturated heterocycles. The average molecular weight is 417 g/mol. The summed E-state index contributed by atoms with van der Waals surface area (Å²) in [6.45, 7) is 0.701. The Morgan fingerprint density at radius 3 is 2.52 bits per heavy atom. The number of benzene rings is 3. The lowest BCUT2D eigenvalue weighted by molar-refractivity contribution is 0.0689. The van der Waals surface area contributed by atoms with Gasteiger partial charge in [-0.1, -0.05) is 36.4 Å². The first-order valence-corrected chi connectivity index (χ1v) is 10.2. The van der Waals surface area contributed by atoms with Gasteiger partial charge in [0.1, 0.15) is 0 Å². The Morgan fingerprint density at radius 1 is 0.968 bits per heavy atom. The van der Waals surface area contributed by atoms with Crippen molar-refractivity contribution >= 4 is 5.91 Å². The van der Waals surface area contributed by atoms with Gasteiger partial charge in [0.05, 0.1) is 25.8 Å². The smallest absolute Gasteiger partial charge is 0.258 e. The molecule has 2 aliphatic heterocycles. The lowest BCUT2D eigenvalue weighted by Crippen LogP contribution is -2.40. The Hall–Kier alpha value is -3.67. The minimum Gasteiger partial charge on any atom is -0.493 e. The molecule has 3 aromatic rings. The number of hydrogen-bond acceptors (Lipinski definition) is 5. The molecule has 0 saturated carbocycles. The third-order valence-electron chi connectivity index (χ3n) is 5.88. The maximum Gasteiger partial charge on any atom is 0.258 e.